The SMILES string of the molecule is C=CC(=O)OCC(=O)OC1C2CC3C1OS(=O)(=O)C3C2C. The molecule has 116 valence electrons. The zero-order valence-corrected chi connectivity index (χ0v) is 12.2. The molecular formula is C13H16O7S. The van der Waals surface area contributed by atoms with E-state index in [1.165, 1.54) is 0 Å². The van der Waals surface area contributed by atoms with E-state index in [1.54, 1.807) is 0 Å². The van der Waals surface area contributed by atoms with E-state index in [1.807, 2.05) is 6.92 Å². The van der Waals surface area contributed by atoms with Crippen molar-refractivity contribution in [2.24, 2.45) is 17.8 Å². The number of ether oxygens (including phenoxy) is 2. The van der Waals surface area contributed by atoms with Crippen LogP contribution in [0.25, 0.3) is 0 Å². The van der Waals surface area contributed by atoms with E-state index in [9.17, 15) is 18.0 Å². The monoisotopic (exact) mass is 316 g/mol. The van der Waals surface area contributed by atoms with Gasteiger partial charge in [0.05, 0.1) is 5.25 Å². The predicted octanol–water partition coefficient (Wildman–Crippen LogP) is 0.0104. The van der Waals surface area contributed by atoms with Gasteiger partial charge in [-0.3, -0.25) is 4.18 Å². The molecule has 6 atom stereocenters. The number of fused-ring (bicyclic) bond motifs is 1. The highest BCUT2D eigenvalue weighted by Crippen LogP contribution is 2.58. The molecule has 1 saturated heterocycles. The van der Waals surface area contributed by atoms with Gasteiger partial charge in [0.1, 0.15) is 12.2 Å². The highest BCUT2D eigenvalue weighted by molar-refractivity contribution is 7.87. The van der Waals surface area contributed by atoms with E-state index in [-0.39, 0.29) is 17.8 Å². The van der Waals surface area contributed by atoms with Crippen molar-refractivity contribution in [2.45, 2.75) is 30.8 Å². The third kappa shape index (κ3) is 2.17. The molecule has 3 rings (SSSR count). The second-order valence-electron chi connectivity index (χ2n) is 5.71. The standard InChI is InChI=1S/C13H16O7S/c1-3-9(14)18-5-10(15)19-11-7-4-8-12(11)20-21(16,17)13(8)6(7)2/h3,6-8,11-13H,1,4-5H2,2H3. The molecule has 1 aliphatic heterocycles. The lowest BCUT2D eigenvalue weighted by atomic mass is 9.86. The van der Waals surface area contributed by atoms with Gasteiger partial charge in [0, 0.05) is 17.9 Å². The van der Waals surface area contributed by atoms with Crippen LogP contribution >= 0.6 is 0 Å². The van der Waals surface area contributed by atoms with Crippen LogP contribution in [-0.2, 0) is 33.4 Å². The Morgan fingerprint density at radius 2 is 2.10 bits per heavy atom. The first kappa shape index (κ1) is 14.5. The zero-order valence-electron chi connectivity index (χ0n) is 11.4. The minimum Gasteiger partial charge on any atom is -0.457 e. The molecule has 0 spiro atoms. The molecule has 0 amide bonds. The first-order valence-corrected chi connectivity index (χ1v) is 8.23. The van der Waals surface area contributed by atoms with Gasteiger partial charge < -0.3 is 9.47 Å². The number of esters is 2. The lowest BCUT2D eigenvalue weighted by molar-refractivity contribution is -0.166. The van der Waals surface area contributed by atoms with Gasteiger partial charge in [-0.25, -0.2) is 9.59 Å². The first-order valence-electron chi connectivity index (χ1n) is 6.76. The second kappa shape index (κ2) is 4.81. The Morgan fingerprint density at radius 3 is 2.76 bits per heavy atom. The quantitative estimate of drug-likeness (QED) is 0.409. The summed E-state index contributed by atoms with van der Waals surface area (Å²) in [5.74, 6) is -1.66. The summed E-state index contributed by atoms with van der Waals surface area (Å²) in [6.07, 6.45) is 0.443. The maximum absolute atomic E-state index is 11.9. The van der Waals surface area contributed by atoms with E-state index in [0.717, 1.165) is 6.08 Å². The van der Waals surface area contributed by atoms with Gasteiger partial charge in [-0.1, -0.05) is 13.5 Å². The zero-order chi connectivity index (χ0) is 15.4. The van der Waals surface area contributed by atoms with Crippen molar-refractivity contribution in [3.63, 3.8) is 0 Å². The van der Waals surface area contributed by atoms with Gasteiger partial charge in [0.2, 0.25) is 0 Å². The first-order chi connectivity index (χ1) is 9.85. The predicted molar refractivity (Wildman–Crippen MR) is 69.4 cm³/mol. The van der Waals surface area contributed by atoms with Crippen LogP contribution in [0.1, 0.15) is 13.3 Å². The van der Waals surface area contributed by atoms with Crippen molar-refractivity contribution in [1.82, 2.24) is 0 Å². The van der Waals surface area contributed by atoms with Crippen molar-refractivity contribution in [1.29, 1.82) is 0 Å². The van der Waals surface area contributed by atoms with Crippen LogP contribution in [-0.4, -0.2) is 44.4 Å². The maximum Gasteiger partial charge on any atom is 0.344 e. The molecule has 1 heterocycles. The van der Waals surface area contributed by atoms with Gasteiger partial charge >= 0.3 is 11.9 Å². The Bertz CT molecular complexity index is 596. The van der Waals surface area contributed by atoms with E-state index in [2.05, 4.69) is 11.3 Å². The molecular weight excluding hydrogens is 300 g/mol. The smallest absolute Gasteiger partial charge is 0.344 e. The average Bonchev–Trinajstić information content (AvgIpc) is 2.98. The maximum atomic E-state index is 11.9. The summed E-state index contributed by atoms with van der Waals surface area (Å²) in [5, 5.41) is -0.485. The van der Waals surface area contributed by atoms with Crippen molar-refractivity contribution < 1.29 is 31.7 Å². The van der Waals surface area contributed by atoms with Gasteiger partial charge in [-0.15, -0.1) is 0 Å². The molecule has 3 aliphatic rings. The molecule has 0 aromatic rings. The van der Waals surface area contributed by atoms with Crippen LogP contribution in [0.15, 0.2) is 12.7 Å². The van der Waals surface area contributed by atoms with Crippen LogP contribution in [0.3, 0.4) is 0 Å². The van der Waals surface area contributed by atoms with Crippen LogP contribution in [0.2, 0.25) is 0 Å². The van der Waals surface area contributed by atoms with Gasteiger partial charge in [0.25, 0.3) is 10.1 Å². The van der Waals surface area contributed by atoms with E-state index >= 15 is 0 Å². The van der Waals surface area contributed by atoms with Crippen molar-refractivity contribution in [3.05, 3.63) is 12.7 Å². The highest BCUT2D eigenvalue weighted by Gasteiger charge is 2.68. The Hall–Kier alpha value is -1.41. The largest absolute Gasteiger partial charge is 0.457 e. The van der Waals surface area contributed by atoms with Crippen LogP contribution in [0.5, 0.6) is 0 Å². The molecule has 8 heteroatoms. The van der Waals surface area contributed by atoms with Gasteiger partial charge in [-0.05, 0) is 12.3 Å². The molecule has 0 aromatic heterocycles. The molecule has 3 fully saturated rings. The second-order valence-corrected chi connectivity index (χ2v) is 7.43. The van der Waals surface area contributed by atoms with E-state index in [4.69, 9.17) is 8.92 Å². The Labute approximate surface area is 122 Å². The molecule has 2 bridgehead atoms. The van der Waals surface area contributed by atoms with Crippen LogP contribution in [0.4, 0.5) is 0 Å². The summed E-state index contributed by atoms with van der Waals surface area (Å²) in [6, 6.07) is 0. The fraction of sp³-hybridized carbons (Fsp3) is 0.692. The molecule has 2 aliphatic carbocycles. The molecule has 7 nitrogen and oxygen atoms in total. The third-order valence-corrected chi connectivity index (χ3v) is 6.61. The van der Waals surface area contributed by atoms with E-state index in [0.29, 0.717) is 6.42 Å². The summed E-state index contributed by atoms with van der Waals surface area (Å²) in [5.41, 5.74) is 0. The minimum absolute atomic E-state index is 0.0265. The summed E-state index contributed by atoms with van der Waals surface area (Å²) in [6.45, 7) is 4.54. The molecule has 6 unspecified atom stereocenters. The summed E-state index contributed by atoms with van der Waals surface area (Å²) in [7, 11) is -3.57. The summed E-state index contributed by atoms with van der Waals surface area (Å²) < 4.78 is 38.9. The molecule has 2 saturated carbocycles. The number of hydrogen-bond donors (Lipinski definition) is 0. The number of hydrogen-bond acceptors (Lipinski definition) is 7. The molecule has 0 radical (unpaired) electrons. The topological polar surface area (TPSA) is 96.0 Å². The van der Waals surface area contributed by atoms with Crippen molar-refractivity contribution >= 4 is 22.1 Å². The van der Waals surface area contributed by atoms with Crippen molar-refractivity contribution in [2.75, 3.05) is 6.61 Å². The Kier molecular flexibility index (Phi) is 3.32. The van der Waals surface area contributed by atoms with Crippen LogP contribution < -0.4 is 0 Å². The fourth-order valence-corrected chi connectivity index (χ4v) is 6.00. The van der Waals surface area contributed by atoms with E-state index < -0.39 is 46.1 Å². The summed E-state index contributed by atoms with van der Waals surface area (Å²) in [4.78, 5) is 22.6. The highest BCUT2D eigenvalue weighted by atomic mass is 32.2. The van der Waals surface area contributed by atoms with Crippen molar-refractivity contribution in [3.8, 4) is 0 Å². The fourth-order valence-electron chi connectivity index (χ4n) is 3.89. The number of carbonyl (C=O) groups is 2. The average molecular weight is 316 g/mol. The molecule has 0 aromatic carbocycles. The normalized spacial score (nSPS) is 41.8. The Morgan fingerprint density at radius 1 is 1.38 bits per heavy atom. The minimum atomic E-state index is -3.57. The summed E-state index contributed by atoms with van der Waals surface area (Å²) >= 11 is 0. The van der Waals surface area contributed by atoms with Crippen LogP contribution in [0, 0.1) is 17.8 Å². The molecule has 21 heavy (non-hydrogen) atoms. The third-order valence-electron chi connectivity index (χ3n) is 4.67. The Balaban J connectivity index is 1.67. The molecule has 0 N–H and O–H groups in total. The van der Waals surface area contributed by atoms with Gasteiger partial charge in [-0.2, -0.15) is 8.42 Å². The lowest BCUT2D eigenvalue weighted by Crippen LogP contribution is -2.42. The van der Waals surface area contributed by atoms with Gasteiger partial charge in [0.15, 0.2) is 6.61 Å². The number of carbonyl (C=O) groups excluding carboxylic acids is 2. The lowest BCUT2D eigenvalue weighted by Gasteiger charge is -2.29. The number of rotatable bonds is 4.